The Labute approximate surface area is 191 Å². The van der Waals surface area contributed by atoms with E-state index in [1.54, 1.807) is 6.07 Å². The number of aromatic nitrogens is 4. The average Bonchev–Trinajstić information content (AvgIpc) is 3.51. The molecule has 9 heteroatoms. The van der Waals surface area contributed by atoms with Gasteiger partial charge in [0.1, 0.15) is 17.3 Å². The quantitative estimate of drug-likeness (QED) is 0.647. The van der Waals surface area contributed by atoms with E-state index in [9.17, 15) is 14.8 Å². The van der Waals surface area contributed by atoms with Crippen LogP contribution in [0.4, 0.5) is 10.1 Å². The number of aliphatic hydroxyl groups is 1. The highest BCUT2D eigenvalue weighted by Gasteiger charge is 2.42. The normalized spacial score (nSPS) is 27.5. The lowest BCUT2D eigenvalue weighted by Gasteiger charge is -2.42. The lowest BCUT2D eigenvalue weighted by Crippen LogP contribution is -2.49. The van der Waals surface area contributed by atoms with Crippen LogP contribution in [0.1, 0.15) is 55.4 Å². The van der Waals surface area contributed by atoms with Crippen LogP contribution in [0.5, 0.6) is 0 Å². The Kier molecular flexibility index (Phi) is 4.55. The number of likely N-dealkylation sites (tertiary alicyclic amines) is 1. The van der Waals surface area contributed by atoms with Crippen LogP contribution in [0.25, 0.3) is 5.52 Å². The summed E-state index contributed by atoms with van der Waals surface area (Å²) in [4.78, 5) is 4.63. The van der Waals surface area contributed by atoms with E-state index in [1.807, 2.05) is 6.07 Å². The molecule has 8 nitrogen and oxygen atoms in total. The van der Waals surface area contributed by atoms with Gasteiger partial charge < -0.3 is 10.0 Å². The molecule has 0 radical (unpaired) electrons. The topological polar surface area (TPSA) is 85.6 Å². The van der Waals surface area contributed by atoms with E-state index in [1.165, 1.54) is 27.7 Å². The van der Waals surface area contributed by atoms with Crippen LogP contribution in [-0.2, 0) is 19.4 Å². The number of hydrogen-bond donors (Lipinski definition) is 1. The fraction of sp³-hybridized carbons (Fsp3) is 0.542. The predicted molar refractivity (Wildman–Crippen MR) is 120 cm³/mol. The number of nitriles is 1. The summed E-state index contributed by atoms with van der Waals surface area (Å²) >= 11 is 0. The van der Waals surface area contributed by atoms with Gasteiger partial charge in [0.15, 0.2) is 5.82 Å². The lowest BCUT2D eigenvalue weighted by molar-refractivity contribution is 0.0929. The third-order valence-electron chi connectivity index (χ3n) is 7.88. The fourth-order valence-electron chi connectivity index (χ4n) is 6.07. The molecule has 33 heavy (non-hydrogen) atoms. The molecule has 5 heterocycles. The summed E-state index contributed by atoms with van der Waals surface area (Å²) in [5.74, 6) is -0.420. The largest absolute Gasteiger partial charge is 0.392 e. The maximum absolute atomic E-state index is 14.7. The number of anilines is 1. The van der Waals surface area contributed by atoms with Gasteiger partial charge in [0.05, 0.1) is 42.0 Å². The molecule has 3 aromatic rings. The van der Waals surface area contributed by atoms with E-state index in [0.717, 1.165) is 44.5 Å². The molecule has 1 N–H and O–H groups in total. The summed E-state index contributed by atoms with van der Waals surface area (Å²) in [5, 5.41) is 28.6. The van der Waals surface area contributed by atoms with Crippen molar-refractivity contribution in [2.75, 3.05) is 24.5 Å². The van der Waals surface area contributed by atoms with Gasteiger partial charge in [-0.1, -0.05) is 0 Å². The lowest BCUT2D eigenvalue weighted by atomic mass is 9.79. The smallest absolute Gasteiger partial charge is 0.171 e. The highest BCUT2D eigenvalue weighted by molar-refractivity contribution is 5.75. The van der Waals surface area contributed by atoms with Gasteiger partial charge >= 0.3 is 0 Å². The molecule has 1 saturated heterocycles. The molecule has 6 rings (SSSR count). The summed E-state index contributed by atoms with van der Waals surface area (Å²) < 4.78 is 18.3. The van der Waals surface area contributed by atoms with Gasteiger partial charge in [0.25, 0.3) is 0 Å². The minimum absolute atomic E-state index is 0.0135. The average molecular weight is 450 g/mol. The first kappa shape index (κ1) is 20.6. The van der Waals surface area contributed by atoms with Gasteiger partial charge in [-0.05, 0) is 51.7 Å². The van der Waals surface area contributed by atoms with Crippen LogP contribution >= 0.6 is 0 Å². The van der Waals surface area contributed by atoms with Gasteiger partial charge in [-0.2, -0.15) is 15.5 Å². The molecule has 172 valence electrons. The van der Waals surface area contributed by atoms with Gasteiger partial charge in [-0.25, -0.2) is 8.91 Å². The zero-order valence-corrected chi connectivity index (χ0v) is 19.0. The molecule has 0 bridgehead atoms. The minimum Gasteiger partial charge on any atom is -0.392 e. The van der Waals surface area contributed by atoms with Crippen LogP contribution in [0.2, 0.25) is 0 Å². The summed E-state index contributed by atoms with van der Waals surface area (Å²) in [6.07, 6.45) is 4.67. The molecule has 1 aliphatic carbocycles. The second-order valence-corrected chi connectivity index (χ2v) is 10.1. The number of pyridine rings is 1. The van der Waals surface area contributed by atoms with Crippen molar-refractivity contribution in [3.63, 3.8) is 0 Å². The van der Waals surface area contributed by atoms with Gasteiger partial charge in [-0.3, -0.25) is 9.58 Å². The highest BCUT2D eigenvalue weighted by Crippen LogP contribution is 2.40. The second kappa shape index (κ2) is 7.27. The van der Waals surface area contributed by atoms with E-state index >= 15 is 0 Å². The summed E-state index contributed by atoms with van der Waals surface area (Å²) in [6, 6.07) is 5.77. The summed E-state index contributed by atoms with van der Waals surface area (Å²) in [6.45, 7) is 7.47. The molecule has 2 aliphatic heterocycles. The zero-order chi connectivity index (χ0) is 22.9. The number of aryl methyl sites for hydroxylation is 1. The van der Waals surface area contributed by atoms with E-state index in [0.29, 0.717) is 24.3 Å². The van der Waals surface area contributed by atoms with Crippen molar-refractivity contribution in [2.24, 2.45) is 0 Å². The third-order valence-corrected chi connectivity index (χ3v) is 7.88. The van der Waals surface area contributed by atoms with Gasteiger partial charge in [-0.15, -0.1) is 0 Å². The molecule has 1 fully saturated rings. The van der Waals surface area contributed by atoms with Crippen LogP contribution < -0.4 is 4.90 Å². The molecular formula is C24H28FN7O. The number of fused-ring (bicyclic) bond motifs is 4. The first-order valence-electron chi connectivity index (χ1n) is 11.7. The number of rotatable bonds is 2. The Morgan fingerprint density at radius 1 is 1.30 bits per heavy atom. The van der Waals surface area contributed by atoms with E-state index in [-0.39, 0.29) is 17.7 Å². The van der Waals surface area contributed by atoms with Crippen LogP contribution in [-0.4, -0.2) is 60.7 Å². The number of halogens is 1. The summed E-state index contributed by atoms with van der Waals surface area (Å²) in [5.41, 5.74) is 5.10. The van der Waals surface area contributed by atoms with Crippen LogP contribution in [0.3, 0.4) is 0 Å². The van der Waals surface area contributed by atoms with Crippen molar-refractivity contribution >= 4 is 11.2 Å². The van der Waals surface area contributed by atoms with Gasteiger partial charge in [0.2, 0.25) is 0 Å². The van der Waals surface area contributed by atoms with Crippen molar-refractivity contribution in [1.29, 1.82) is 5.26 Å². The van der Waals surface area contributed by atoms with Crippen molar-refractivity contribution < 1.29 is 9.50 Å². The van der Waals surface area contributed by atoms with Gasteiger partial charge in [0, 0.05) is 30.7 Å². The standard InChI is InChI=1S/C24H28FN7O/c1-15-12-29(21-4-3-16(10-26)32-23(21)19(25)11-27-32)14-22-18-9-24(2,30-8-6-17(33)13-30)7-5-20(18)28-31(15)22/h3-4,11,15,17,33H,5-9,12-14H2,1-2H3/t15-,17?,24+/m1/s1. The molecule has 0 amide bonds. The van der Waals surface area contributed by atoms with Crippen LogP contribution in [0.15, 0.2) is 18.3 Å². The van der Waals surface area contributed by atoms with E-state index < -0.39 is 5.82 Å². The fourth-order valence-corrected chi connectivity index (χ4v) is 6.07. The molecule has 0 spiro atoms. The first-order valence-corrected chi connectivity index (χ1v) is 11.7. The first-order chi connectivity index (χ1) is 15.9. The number of β-amino-alcohol motifs (C(OH)–C–C–N with tert-alkyl or cyclic N) is 1. The minimum atomic E-state index is -0.420. The van der Waals surface area contributed by atoms with Crippen LogP contribution in [0, 0.1) is 17.1 Å². The van der Waals surface area contributed by atoms with Crippen molar-refractivity contribution in [3.05, 3.63) is 46.8 Å². The highest BCUT2D eigenvalue weighted by atomic mass is 19.1. The molecular weight excluding hydrogens is 421 g/mol. The van der Waals surface area contributed by atoms with E-state index in [4.69, 9.17) is 5.10 Å². The summed E-state index contributed by atoms with van der Waals surface area (Å²) in [7, 11) is 0. The Hall–Kier alpha value is -2.96. The number of nitrogens with zero attached hydrogens (tertiary/aromatic N) is 7. The Morgan fingerprint density at radius 3 is 2.91 bits per heavy atom. The SMILES string of the molecule is C[C@@H]1CN(c2ccc(C#N)n3ncc(F)c23)Cc2c3c(nn21)CC[C@](C)(N1CCC(O)C1)C3. The number of aliphatic hydroxyl groups excluding tert-OH is 1. The second-order valence-electron chi connectivity index (χ2n) is 10.1. The van der Waals surface area contributed by atoms with Crippen molar-refractivity contribution in [3.8, 4) is 6.07 Å². The van der Waals surface area contributed by atoms with E-state index in [2.05, 4.69) is 39.5 Å². The Morgan fingerprint density at radius 2 is 2.15 bits per heavy atom. The third kappa shape index (κ3) is 3.08. The van der Waals surface area contributed by atoms with Crippen molar-refractivity contribution in [2.45, 2.75) is 63.8 Å². The van der Waals surface area contributed by atoms with Crippen molar-refractivity contribution in [1.82, 2.24) is 24.3 Å². The molecule has 1 unspecified atom stereocenters. The maximum Gasteiger partial charge on any atom is 0.171 e. The Balaban J connectivity index is 1.38. The monoisotopic (exact) mass is 449 g/mol. The molecule has 3 atom stereocenters. The molecule has 3 aliphatic rings. The number of hydrogen-bond acceptors (Lipinski definition) is 6. The molecule has 0 aromatic carbocycles. The molecule has 3 aromatic heterocycles. The Bertz CT molecular complexity index is 1290. The predicted octanol–water partition coefficient (Wildman–Crippen LogP) is 2.44. The zero-order valence-electron chi connectivity index (χ0n) is 19.0. The molecule has 0 saturated carbocycles. The maximum atomic E-state index is 14.7.